The van der Waals surface area contributed by atoms with Crippen molar-refractivity contribution >= 4 is 43.7 Å². The minimum atomic E-state index is -3.48. The molecule has 1 aliphatic heterocycles. The molecule has 0 atom stereocenters. The van der Waals surface area contributed by atoms with E-state index in [-0.39, 0.29) is 18.9 Å². The van der Waals surface area contributed by atoms with Crippen molar-refractivity contribution in [1.82, 2.24) is 14.2 Å². The number of carbonyl (C=O) groups excluding carboxylic acids is 1. The summed E-state index contributed by atoms with van der Waals surface area (Å²) in [6.45, 7) is 2.98. The lowest BCUT2D eigenvalue weighted by Gasteiger charge is -2.25. The Morgan fingerprint density at radius 3 is 2.78 bits per heavy atom. The molecule has 0 bridgehead atoms. The Labute approximate surface area is 196 Å². The van der Waals surface area contributed by atoms with Crippen LogP contribution in [0.3, 0.4) is 0 Å². The normalized spacial score (nSPS) is 14.4. The summed E-state index contributed by atoms with van der Waals surface area (Å²) < 4.78 is 26.5. The summed E-state index contributed by atoms with van der Waals surface area (Å²) in [5.41, 5.74) is 2.36. The van der Waals surface area contributed by atoms with E-state index in [2.05, 4.69) is 39.5 Å². The molecule has 4 rings (SSSR count). The zero-order chi connectivity index (χ0) is 22.6. The summed E-state index contributed by atoms with van der Waals surface area (Å²) >= 11 is 2.72. The van der Waals surface area contributed by atoms with E-state index < -0.39 is 10.0 Å². The van der Waals surface area contributed by atoms with Crippen LogP contribution in [0.5, 0.6) is 0 Å². The number of benzene rings is 1. The molecule has 0 fully saturated rings. The molecule has 10 heteroatoms. The molecule has 7 nitrogen and oxygen atoms in total. The number of anilines is 1. The van der Waals surface area contributed by atoms with Gasteiger partial charge in [0.1, 0.15) is 4.21 Å². The number of nitrogens with one attached hydrogen (secondary N) is 1. The van der Waals surface area contributed by atoms with Crippen LogP contribution in [0.1, 0.15) is 29.0 Å². The second kappa shape index (κ2) is 10.2. The molecule has 0 unspecified atom stereocenters. The van der Waals surface area contributed by atoms with Crippen LogP contribution >= 0.6 is 22.7 Å². The van der Waals surface area contributed by atoms with E-state index in [1.165, 1.54) is 37.4 Å². The van der Waals surface area contributed by atoms with E-state index in [1.54, 1.807) is 24.6 Å². The number of hydrogen-bond donors (Lipinski definition) is 1. The van der Waals surface area contributed by atoms with Crippen LogP contribution in [0.2, 0.25) is 0 Å². The zero-order valence-electron chi connectivity index (χ0n) is 17.9. The predicted octanol–water partition coefficient (Wildman–Crippen LogP) is 3.80. The third-order valence-electron chi connectivity index (χ3n) is 5.34. The highest BCUT2D eigenvalue weighted by molar-refractivity contribution is 7.91. The summed E-state index contributed by atoms with van der Waals surface area (Å²) in [4.78, 5) is 20.6. The summed E-state index contributed by atoms with van der Waals surface area (Å²) in [5, 5.41) is 5.25. The Balaban J connectivity index is 1.25. The molecule has 3 aromatic rings. The van der Waals surface area contributed by atoms with Crippen molar-refractivity contribution in [2.75, 3.05) is 25.5 Å². The lowest BCUT2D eigenvalue weighted by Crippen LogP contribution is -2.29. The lowest BCUT2D eigenvalue weighted by molar-refractivity contribution is -0.116. The molecular formula is C22H26N4O3S3. The van der Waals surface area contributed by atoms with Crippen LogP contribution in [0.4, 0.5) is 5.13 Å². The van der Waals surface area contributed by atoms with Crippen LogP contribution in [0.15, 0.2) is 52.1 Å². The molecule has 3 heterocycles. The molecule has 1 amide bonds. The van der Waals surface area contributed by atoms with E-state index >= 15 is 0 Å². The number of thiophene rings is 1. The number of rotatable bonds is 9. The fourth-order valence-corrected chi connectivity index (χ4v) is 7.08. The number of nitrogens with zero attached hydrogens (tertiary/aromatic N) is 3. The average Bonchev–Trinajstić information content (AvgIpc) is 3.44. The number of amides is 1. The molecular weight excluding hydrogens is 464 g/mol. The number of carbonyl (C=O) groups is 1. The van der Waals surface area contributed by atoms with Gasteiger partial charge >= 0.3 is 0 Å². The third-order valence-corrected chi connectivity index (χ3v) is 9.57. The first-order valence-corrected chi connectivity index (χ1v) is 13.6. The molecule has 1 N–H and O–H groups in total. The summed E-state index contributed by atoms with van der Waals surface area (Å²) in [5.74, 6) is -0.140. The Morgan fingerprint density at radius 2 is 2.03 bits per heavy atom. The van der Waals surface area contributed by atoms with Crippen molar-refractivity contribution in [3.63, 3.8) is 0 Å². The minimum absolute atomic E-state index is 0.140. The first-order chi connectivity index (χ1) is 15.4. The van der Waals surface area contributed by atoms with E-state index in [0.717, 1.165) is 31.7 Å². The molecule has 1 aliphatic rings. The van der Waals surface area contributed by atoms with Gasteiger partial charge in [-0.1, -0.05) is 36.4 Å². The van der Waals surface area contributed by atoms with Gasteiger partial charge in [-0.2, -0.15) is 0 Å². The van der Waals surface area contributed by atoms with Crippen molar-refractivity contribution in [2.45, 2.75) is 36.6 Å². The van der Waals surface area contributed by atoms with Gasteiger partial charge in [0, 0.05) is 50.9 Å². The number of thiazole rings is 1. The van der Waals surface area contributed by atoms with Gasteiger partial charge in [-0.25, -0.2) is 17.7 Å². The van der Waals surface area contributed by atoms with E-state index in [9.17, 15) is 13.2 Å². The van der Waals surface area contributed by atoms with Crippen molar-refractivity contribution in [3.8, 4) is 0 Å². The zero-order valence-corrected chi connectivity index (χ0v) is 20.3. The lowest BCUT2D eigenvalue weighted by atomic mass is 10.1. The van der Waals surface area contributed by atoms with Gasteiger partial charge in [0.05, 0.1) is 5.69 Å². The molecule has 0 saturated carbocycles. The van der Waals surface area contributed by atoms with Crippen molar-refractivity contribution in [2.24, 2.45) is 0 Å². The Kier molecular flexibility index (Phi) is 7.37. The van der Waals surface area contributed by atoms with Crippen LogP contribution in [-0.4, -0.2) is 48.7 Å². The highest BCUT2D eigenvalue weighted by atomic mass is 32.2. The van der Waals surface area contributed by atoms with Crippen LogP contribution < -0.4 is 5.32 Å². The molecule has 32 heavy (non-hydrogen) atoms. The fourth-order valence-electron chi connectivity index (χ4n) is 3.61. The second-order valence-electron chi connectivity index (χ2n) is 7.75. The number of sulfonamides is 1. The maximum Gasteiger partial charge on any atom is 0.252 e. The standard InChI is InChI=1S/C22H26N4O3S3/c1-25(32(28,29)21-10-6-14-30-21)12-5-9-20(27)24-22-23-18-11-13-26(16-19(18)31-22)15-17-7-3-2-4-8-17/h2-4,6-8,10,14H,5,9,11-13,15-16H2,1H3,(H,23,24,27). The SMILES string of the molecule is CN(CCCC(=O)Nc1nc2c(s1)CN(Cc1ccccc1)CC2)S(=O)(=O)c1cccs1. The molecule has 0 radical (unpaired) electrons. The van der Waals surface area contributed by atoms with Gasteiger partial charge in [0.25, 0.3) is 10.0 Å². The maximum atomic E-state index is 12.4. The molecule has 1 aromatic carbocycles. The second-order valence-corrected chi connectivity index (χ2v) is 12.0. The first-order valence-electron chi connectivity index (χ1n) is 10.5. The van der Waals surface area contributed by atoms with Gasteiger partial charge < -0.3 is 5.32 Å². The van der Waals surface area contributed by atoms with E-state index in [4.69, 9.17) is 0 Å². The summed E-state index contributed by atoms with van der Waals surface area (Å²) in [7, 11) is -1.93. The summed E-state index contributed by atoms with van der Waals surface area (Å²) in [6, 6.07) is 13.7. The minimum Gasteiger partial charge on any atom is -0.302 e. The molecule has 0 spiro atoms. The topological polar surface area (TPSA) is 82.6 Å². The highest BCUT2D eigenvalue weighted by Crippen LogP contribution is 2.29. The van der Waals surface area contributed by atoms with E-state index in [0.29, 0.717) is 15.8 Å². The van der Waals surface area contributed by atoms with Crippen molar-refractivity contribution < 1.29 is 13.2 Å². The molecule has 0 saturated heterocycles. The highest BCUT2D eigenvalue weighted by Gasteiger charge is 2.23. The smallest absolute Gasteiger partial charge is 0.252 e. The average molecular weight is 491 g/mol. The quantitative estimate of drug-likeness (QED) is 0.493. The Morgan fingerprint density at radius 1 is 1.22 bits per heavy atom. The Bertz CT molecular complexity index is 1140. The predicted molar refractivity (Wildman–Crippen MR) is 128 cm³/mol. The van der Waals surface area contributed by atoms with E-state index in [1.807, 2.05) is 6.07 Å². The summed E-state index contributed by atoms with van der Waals surface area (Å²) in [6.07, 6.45) is 1.57. The van der Waals surface area contributed by atoms with Crippen molar-refractivity contribution in [1.29, 1.82) is 0 Å². The van der Waals surface area contributed by atoms with Gasteiger partial charge in [-0.05, 0) is 23.4 Å². The largest absolute Gasteiger partial charge is 0.302 e. The molecule has 170 valence electrons. The fraction of sp³-hybridized carbons (Fsp3) is 0.364. The van der Waals surface area contributed by atoms with Crippen molar-refractivity contribution in [3.05, 3.63) is 64.0 Å². The van der Waals surface area contributed by atoms with Crippen LogP contribution in [0.25, 0.3) is 0 Å². The molecule has 0 aliphatic carbocycles. The number of fused-ring (bicyclic) bond motifs is 1. The maximum absolute atomic E-state index is 12.4. The van der Waals surface area contributed by atoms with Gasteiger partial charge in [0.15, 0.2) is 5.13 Å². The van der Waals surface area contributed by atoms with Crippen LogP contribution in [0, 0.1) is 0 Å². The third kappa shape index (κ3) is 5.62. The Hall–Kier alpha value is -2.11. The van der Waals surface area contributed by atoms with Gasteiger partial charge in [-0.3, -0.25) is 9.69 Å². The number of hydrogen-bond acceptors (Lipinski definition) is 7. The monoisotopic (exact) mass is 490 g/mol. The molecule has 2 aromatic heterocycles. The number of aromatic nitrogens is 1. The van der Waals surface area contributed by atoms with Crippen LogP contribution in [-0.2, 0) is 34.3 Å². The van der Waals surface area contributed by atoms with Gasteiger partial charge in [0.2, 0.25) is 5.91 Å². The van der Waals surface area contributed by atoms with Gasteiger partial charge in [-0.15, -0.1) is 22.7 Å². The first kappa shape index (κ1) is 23.1.